The van der Waals surface area contributed by atoms with Crippen molar-refractivity contribution >= 4 is 32.4 Å². The molecule has 20 heavy (non-hydrogen) atoms. The van der Waals surface area contributed by atoms with Gasteiger partial charge in [0.2, 0.25) is 0 Å². The van der Waals surface area contributed by atoms with E-state index in [2.05, 4.69) is 29.2 Å². The van der Waals surface area contributed by atoms with Crippen LogP contribution in [0.4, 0.5) is 0 Å². The molecule has 0 amide bonds. The second kappa shape index (κ2) is 3.94. The summed E-state index contributed by atoms with van der Waals surface area (Å²) in [5.74, 6) is 0.248. The summed E-state index contributed by atoms with van der Waals surface area (Å²) in [5, 5.41) is 15.6. The number of nitrogens with zero attached hydrogens (tertiary/aromatic N) is 1. The fraction of sp³-hybridized carbons (Fsp3) is 0.0556. The Bertz CT molecular complexity index is 893. The van der Waals surface area contributed by atoms with Gasteiger partial charge in [0.1, 0.15) is 5.75 Å². The van der Waals surface area contributed by atoms with Crippen LogP contribution < -0.4 is 0 Å². The number of aryl methyl sites for hydroxylation is 1. The lowest BCUT2D eigenvalue weighted by molar-refractivity contribution is 0.469. The van der Waals surface area contributed by atoms with E-state index in [1.54, 1.807) is 0 Å². The van der Waals surface area contributed by atoms with Crippen LogP contribution >= 0.6 is 0 Å². The number of hydrogen-bond donors (Lipinski definition) is 1. The molecule has 4 aromatic rings. The van der Waals surface area contributed by atoms with Gasteiger partial charge >= 0.3 is 0 Å². The zero-order valence-corrected chi connectivity index (χ0v) is 11.1. The van der Waals surface area contributed by atoms with Gasteiger partial charge in [-0.2, -0.15) is 0 Å². The van der Waals surface area contributed by atoms with E-state index in [0.29, 0.717) is 5.69 Å². The topological polar surface area (TPSA) is 33.1 Å². The minimum absolute atomic E-state index is 0.248. The summed E-state index contributed by atoms with van der Waals surface area (Å²) in [6.07, 6.45) is 0. The highest BCUT2D eigenvalue weighted by atomic mass is 16.3. The third kappa shape index (κ3) is 1.42. The lowest BCUT2D eigenvalue weighted by atomic mass is 9.97. The number of rotatable bonds is 0. The maximum Gasteiger partial charge on any atom is 0.137 e. The van der Waals surface area contributed by atoms with E-state index in [9.17, 15) is 5.11 Å². The number of pyridine rings is 1. The molecule has 2 nitrogen and oxygen atoms in total. The van der Waals surface area contributed by atoms with Crippen LogP contribution in [-0.4, -0.2) is 10.1 Å². The molecule has 1 heterocycles. The van der Waals surface area contributed by atoms with Crippen molar-refractivity contribution in [2.24, 2.45) is 0 Å². The van der Waals surface area contributed by atoms with Crippen molar-refractivity contribution in [2.45, 2.75) is 6.92 Å². The van der Waals surface area contributed by atoms with E-state index in [-0.39, 0.29) is 5.75 Å². The van der Waals surface area contributed by atoms with E-state index >= 15 is 0 Å². The molecule has 0 bridgehead atoms. The highest BCUT2D eigenvalue weighted by molar-refractivity contribution is 6.24. The van der Waals surface area contributed by atoms with Crippen LogP contribution in [0.15, 0.2) is 54.6 Å². The minimum atomic E-state index is 0.248. The number of aromatic hydroxyl groups is 1. The second-order valence-corrected chi connectivity index (χ2v) is 5.08. The monoisotopic (exact) mass is 259 g/mol. The molecule has 0 aliphatic heterocycles. The molecule has 4 rings (SSSR count). The maximum atomic E-state index is 9.99. The van der Waals surface area contributed by atoms with Gasteiger partial charge in [-0.1, -0.05) is 48.5 Å². The summed E-state index contributed by atoms with van der Waals surface area (Å²) >= 11 is 0. The van der Waals surface area contributed by atoms with E-state index in [1.807, 2.05) is 37.3 Å². The van der Waals surface area contributed by atoms with Crippen LogP contribution in [0.3, 0.4) is 0 Å². The average Bonchev–Trinajstić information content (AvgIpc) is 2.49. The summed E-state index contributed by atoms with van der Waals surface area (Å²) in [6, 6.07) is 18.4. The highest BCUT2D eigenvalue weighted by Gasteiger charge is 2.10. The van der Waals surface area contributed by atoms with Gasteiger partial charge in [0.15, 0.2) is 0 Å². The van der Waals surface area contributed by atoms with Gasteiger partial charge in [-0.25, -0.2) is 4.98 Å². The van der Waals surface area contributed by atoms with Gasteiger partial charge in [-0.05, 0) is 29.1 Å². The molecule has 1 N–H and O–H groups in total. The highest BCUT2D eigenvalue weighted by Crippen LogP contribution is 2.35. The van der Waals surface area contributed by atoms with Crippen molar-refractivity contribution in [3.8, 4) is 5.75 Å². The molecule has 0 spiro atoms. The Morgan fingerprint density at radius 2 is 1.25 bits per heavy atom. The maximum absolute atomic E-state index is 9.99. The Hall–Kier alpha value is -2.61. The molecule has 0 aliphatic rings. The third-order valence-electron chi connectivity index (χ3n) is 3.88. The molecule has 1 aromatic heterocycles. The van der Waals surface area contributed by atoms with E-state index in [1.165, 1.54) is 10.8 Å². The van der Waals surface area contributed by atoms with Crippen LogP contribution in [0.25, 0.3) is 32.4 Å². The Balaban J connectivity index is 2.42. The average molecular weight is 259 g/mol. The summed E-state index contributed by atoms with van der Waals surface area (Å²) in [5.41, 5.74) is 1.62. The Morgan fingerprint density at radius 3 is 1.90 bits per heavy atom. The molecule has 0 aliphatic carbocycles. The zero-order chi connectivity index (χ0) is 13.7. The van der Waals surface area contributed by atoms with Gasteiger partial charge in [-0.3, -0.25) is 0 Å². The van der Waals surface area contributed by atoms with Crippen molar-refractivity contribution < 1.29 is 5.11 Å². The van der Waals surface area contributed by atoms with Gasteiger partial charge in [-0.15, -0.1) is 0 Å². The molecule has 96 valence electrons. The van der Waals surface area contributed by atoms with Gasteiger partial charge < -0.3 is 5.11 Å². The molecule has 0 atom stereocenters. The summed E-state index contributed by atoms with van der Waals surface area (Å²) in [6.45, 7) is 1.83. The molecule has 0 saturated carbocycles. The standard InChI is InChI=1S/C18H13NO/c1-11-17(20)10-16-14-8-3-2-6-12(14)13-7-4-5-9-15(13)18(16)19-11/h2-10,20H,1H3. The predicted molar refractivity (Wildman–Crippen MR) is 83.2 cm³/mol. The third-order valence-corrected chi connectivity index (χ3v) is 3.88. The van der Waals surface area contributed by atoms with Crippen molar-refractivity contribution in [3.05, 3.63) is 60.3 Å². The molecule has 0 unspecified atom stereocenters. The minimum Gasteiger partial charge on any atom is -0.506 e. The molecule has 0 fully saturated rings. The van der Waals surface area contributed by atoms with Gasteiger partial charge in [0.05, 0.1) is 11.2 Å². The van der Waals surface area contributed by atoms with Crippen molar-refractivity contribution in [3.63, 3.8) is 0 Å². The van der Waals surface area contributed by atoms with Crippen LogP contribution in [0.5, 0.6) is 5.75 Å². The van der Waals surface area contributed by atoms with E-state index in [4.69, 9.17) is 0 Å². The summed E-state index contributed by atoms with van der Waals surface area (Å²) in [7, 11) is 0. The Labute approximate surface area is 116 Å². The zero-order valence-electron chi connectivity index (χ0n) is 11.1. The van der Waals surface area contributed by atoms with Crippen LogP contribution in [0, 0.1) is 6.92 Å². The normalized spacial score (nSPS) is 11.4. The Morgan fingerprint density at radius 1 is 0.750 bits per heavy atom. The van der Waals surface area contributed by atoms with Crippen LogP contribution in [0.1, 0.15) is 5.69 Å². The van der Waals surface area contributed by atoms with Gasteiger partial charge in [0, 0.05) is 10.8 Å². The molecule has 3 aromatic carbocycles. The summed E-state index contributed by atoms with van der Waals surface area (Å²) in [4.78, 5) is 4.60. The first-order valence-corrected chi connectivity index (χ1v) is 6.65. The van der Waals surface area contributed by atoms with Crippen LogP contribution in [-0.2, 0) is 0 Å². The van der Waals surface area contributed by atoms with Gasteiger partial charge in [0.25, 0.3) is 0 Å². The molecule has 2 heteroatoms. The summed E-state index contributed by atoms with van der Waals surface area (Å²) < 4.78 is 0. The molecule has 0 saturated heterocycles. The number of hydrogen-bond acceptors (Lipinski definition) is 2. The van der Waals surface area contributed by atoms with Crippen molar-refractivity contribution in [2.75, 3.05) is 0 Å². The SMILES string of the molecule is Cc1nc2c3ccccc3c3ccccc3c2cc1O. The van der Waals surface area contributed by atoms with E-state index < -0.39 is 0 Å². The Kier molecular flexibility index (Phi) is 2.21. The molecular formula is C18H13NO. The van der Waals surface area contributed by atoms with E-state index in [0.717, 1.165) is 21.7 Å². The first kappa shape index (κ1) is 11.2. The largest absolute Gasteiger partial charge is 0.506 e. The predicted octanol–water partition coefficient (Wildman–Crippen LogP) is 4.56. The number of aromatic nitrogens is 1. The fourth-order valence-corrected chi connectivity index (χ4v) is 2.88. The molecule has 0 radical (unpaired) electrons. The first-order chi connectivity index (χ1) is 9.75. The fourth-order valence-electron chi connectivity index (χ4n) is 2.88. The van der Waals surface area contributed by atoms with Crippen LogP contribution in [0.2, 0.25) is 0 Å². The molecular weight excluding hydrogens is 246 g/mol. The quantitative estimate of drug-likeness (QED) is 0.470. The lowest BCUT2D eigenvalue weighted by Crippen LogP contribution is -1.89. The van der Waals surface area contributed by atoms with Crippen molar-refractivity contribution in [1.29, 1.82) is 0 Å². The first-order valence-electron chi connectivity index (χ1n) is 6.65. The lowest BCUT2D eigenvalue weighted by Gasteiger charge is -2.10. The number of benzene rings is 3. The number of fused-ring (bicyclic) bond motifs is 6. The smallest absolute Gasteiger partial charge is 0.137 e. The second-order valence-electron chi connectivity index (χ2n) is 5.08. The van der Waals surface area contributed by atoms with Crippen molar-refractivity contribution in [1.82, 2.24) is 4.98 Å².